The number of oxazole rings is 1. The van der Waals surface area contributed by atoms with E-state index in [1.807, 2.05) is 7.05 Å². The molecule has 0 amide bonds. The summed E-state index contributed by atoms with van der Waals surface area (Å²) >= 11 is 0. The van der Waals surface area contributed by atoms with Crippen LogP contribution >= 0.6 is 0 Å². The molecule has 6 heteroatoms. The molecule has 1 heterocycles. The number of sulfone groups is 1. The molecule has 80 valence electrons. The molecule has 0 radical (unpaired) electrons. The summed E-state index contributed by atoms with van der Waals surface area (Å²) in [6.07, 6.45) is 3.30. The third kappa shape index (κ3) is 3.89. The van der Waals surface area contributed by atoms with E-state index in [1.54, 1.807) is 0 Å². The SMILES string of the molecule is CNCCc1ncc(CS(C)(=O)=O)o1. The molecule has 0 saturated carbocycles. The summed E-state index contributed by atoms with van der Waals surface area (Å²) in [6, 6.07) is 0. The van der Waals surface area contributed by atoms with Crippen molar-refractivity contribution in [2.24, 2.45) is 0 Å². The lowest BCUT2D eigenvalue weighted by Gasteiger charge is -1.94. The maximum Gasteiger partial charge on any atom is 0.195 e. The highest BCUT2D eigenvalue weighted by molar-refractivity contribution is 7.89. The minimum absolute atomic E-state index is 0.0838. The van der Waals surface area contributed by atoms with Gasteiger partial charge in [0.25, 0.3) is 0 Å². The monoisotopic (exact) mass is 218 g/mol. The average Bonchev–Trinajstić information content (AvgIpc) is 2.46. The Morgan fingerprint density at radius 3 is 2.86 bits per heavy atom. The Kier molecular flexibility index (Phi) is 3.65. The molecule has 1 aromatic heterocycles. The van der Waals surface area contributed by atoms with Crippen molar-refractivity contribution in [3.8, 4) is 0 Å². The van der Waals surface area contributed by atoms with Crippen molar-refractivity contribution in [3.63, 3.8) is 0 Å². The highest BCUT2D eigenvalue weighted by atomic mass is 32.2. The second-order valence-corrected chi connectivity index (χ2v) is 5.28. The fraction of sp³-hybridized carbons (Fsp3) is 0.625. The van der Waals surface area contributed by atoms with Crippen LogP contribution in [0.25, 0.3) is 0 Å². The van der Waals surface area contributed by atoms with E-state index in [0.29, 0.717) is 18.1 Å². The van der Waals surface area contributed by atoms with Gasteiger partial charge in [0, 0.05) is 19.2 Å². The Labute approximate surface area is 83.4 Å². The zero-order valence-corrected chi connectivity index (χ0v) is 9.10. The fourth-order valence-corrected chi connectivity index (χ4v) is 1.67. The number of hydrogen-bond acceptors (Lipinski definition) is 5. The van der Waals surface area contributed by atoms with E-state index in [4.69, 9.17) is 4.42 Å². The molecule has 0 aliphatic carbocycles. The first-order chi connectivity index (χ1) is 6.51. The summed E-state index contributed by atoms with van der Waals surface area (Å²) in [5, 5.41) is 2.96. The van der Waals surface area contributed by atoms with Crippen LogP contribution in [-0.4, -0.2) is 33.2 Å². The van der Waals surface area contributed by atoms with E-state index in [2.05, 4.69) is 10.3 Å². The second kappa shape index (κ2) is 4.56. The van der Waals surface area contributed by atoms with Crippen molar-refractivity contribution in [2.75, 3.05) is 19.8 Å². The van der Waals surface area contributed by atoms with Gasteiger partial charge in [-0.1, -0.05) is 0 Å². The maximum atomic E-state index is 10.9. The van der Waals surface area contributed by atoms with Crippen molar-refractivity contribution in [1.29, 1.82) is 0 Å². The molecule has 5 nitrogen and oxygen atoms in total. The quantitative estimate of drug-likeness (QED) is 0.752. The van der Waals surface area contributed by atoms with E-state index < -0.39 is 9.84 Å². The van der Waals surface area contributed by atoms with Gasteiger partial charge in [-0.3, -0.25) is 0 Å². The Morgan fingerprint density at radius 1 is 1.57 bits per heavy atom. The number of hydrogen-bond donors (Lipinski definition) is 1. The largest absolute Gasteiger partial charge is 0.445 e. The van der Waals surface area contributed by atoms with Crippen molar-refractivity contribution in [1.82, 2.24) is 10.3 Å². The van der Waals surface area contributed by atoms with Gasteiger partial charge in [0.15, 0.2) is 15.7 Å². The zero-order chi connectivity index (χ0) is 10.6. The average molecular weight is 218 g/mol. The first kappa shape index (κ1) is 11.2. The minimum atomic E-state index is -3.03. The summed E-state index contributed by atoms with van der Waals surface area (Å²) in [7, 11) is -1.20. The van der Waals surface area contributed by atoms with Crippen molar-refractivity contribution in [2.45, 2.75) is 12.2 Å². The predicted molar refractivity (Wildman–Crippen MR) is 52.7 cm³/mol. The van der Waals surface area contributed by atoms with Gasteiger partial charge in [0.2, 0.25) is 0 Å². The molecule has 0 spiro atoms. The van der Waals surface area contributed by atoms with Gasteiger partial charge in [0.1, 0.15) is 11.5 Å². The normalized spacial score (nSPS) is 11.9. The molecule has 1 aromatic rings. The van der Waals surface area contributed by atoms with Crippen LogP contribution in [-0.2, 0) is 22.0 Å². The van der Waals surface area contributed by atoms with Crippen LogP contribution in [0.15, 0.2) is 10.6 Å². The zero-order valence-electron chi connectivity index (χ0n) is 8.28. The molecule has 1 rings (SSSR count). The third-order valence-electron chi connectivity index (χ3n) is 1.59. The smallest absolute Gasteiger partial charge is 0.195 e. The molecule has 0 unspecified atom stereocenters. The Morgan fingerprint density at radius 2 is 2.29 bits per heavy atom. The van der Waals surface area contributed by atoms with Crippen molar-refractivity contribution in [3.05, 3.63) is 17.8 Å². The number of aromatic nitrogens is 1. The predicted octanol–water partition coefficient (Wildman–Crippen LogP) is -0.0189. The lowest BCUT2D eigenvalue weighted by molar-refractivity contribution is 0.461. The van der Waals surface area contributed by atoms with Gasteiger partial charge in [0.05, 0.1) is 6.20 Å². The molecule has 0 bridgehead atoms. The third-order valence-corrected chi connectivity index (χ3v) is 2.40. The van der Waals surface area contributed by atoms with Gasteiger partial charge < -0.3 is 9.73 Å². The van der Waals surface area contributed by atoms with E-state index in [9.17, 15) is 8.42 Å². The van der Waals surface area contributed by atoms with E-state index in [1.165, 1.54) is 12.5 Å². The summed E-state index contributed by atoms with van der Waals surface area (Å²) in [6.45, 7) is 0.763. The van der Waals surface area contributed by atoms with Crippen molar-refractivity contribution < 1.29 is 12.8 Å². The van der Waals surface area contributed by atoms with Crippen LogP contribution in [0.2, 0.25) is 0 Å². The highest BCUT2D eigenvalue weighted by Crippen LogP contribution is 2.07. The van der Waals surface area contributed by atoms with E-state index >= 15 is 0 Å². The van der Waals surface area contributed by atoms with E-state index in [0.717, 1.165) is 6.54 Å². The maximum absolute atomic E-state index is 10.9. The van der Waals surface area contributed by atoms with E-state index in [-0.39, 0.29) is 5.75 Å². The molecule has 0 fully saturated rings. The Bertz CT molecular complexity index is 383. The van der Waals surface area contributed by atoms with Crippen LogP contribution in [0.1, 0.15) is 11.7 Å². The van der Waals surface area contributed by atoms with Gasteiger partial charge in [-0.25, -0.2) is 13.4 Å². The Hall–Kier alpha value is -0.880. The number of likely N-dealkylation sites (N-methyl/N-ethyl adjacent to an activating group) is 1. The number of nitrogens with one attached hydrogen (secondary N) is 1. The molecular weight excluding hydrogens is 204 g/mol. The molecule has 0 aromatic carbocycles. The van der Waals surface area contributed by atoms with Crippen LogP contribution in [0.3, 0.4) is 0 Å². The molecule has 0 atom stereocenters. The molecule has 0 aliphatic heterocycles. The lowest BCUT2D eigenvalue weighted by atomic mass is 10.4. The van der Waals surface area contributed by atoms with Crippen LogP contribution < -0.4 is 5.32 Å². The minimum Gasteiger partial charge on any atom is -0.445 e. The molecule has 14 heavy (non-hydrogen) atoms. The number of nitrogens with zero attached hydrogens (tertiary/aromatic N) is 1. The fourth-order valence-electron chi connectivity index (χ4n) is 1.02. The van der Waals surface area contributed by atoms with Crippen LogP contribution in [0.5, 0.6) is 0 Å². The molecule has 1 N–H and O–H groups in total. The van der Waals surface area contributed by atoms with Gasteiger partial charge in [-0.05, 0) is 7.05 Å². The highest BCUT2D eigenvalue weighted by Gasteiger charge is 2.09. The second-order valence-electron chi connectivity index (χ2n) is 3.14. The standard InChI is InChI=1S/C8H14N2O3S/c1-9-4-3-8-10-5-7(13-8)6-14(2,11)12/h5,9H,3-4,6H2,1-2H3. The summed E-state index contributed by atoms with van der Waals surface area (Å²) in [5.41, 5.74) is 0. The summed E-state index contributed by atoms with van der Waals surface area (Å²) < 4.78 is 27.1. The first-order valence-corrected chi connectivity index (χ1v) is 6.33. The van der Waals surface area contributed by atoms with Gasteiger partial charge >= 0.3 is 0 Å². The lowest BCUT2D eigenvalue weighted by Crippen LogP contribution is -2.10. The van der Waals surface area contributed by atoms with Crippen LogP contribution in [0.4, 0.5) is 0 Å². The van der Waals surface area contributed by atoms with Gasteiger partial charge in [-0.15, -0.1) is 0 Å². The molecule has 0 saturated heterocycles. The Balaban J connectivity index is 2.59. The van der Waals surface area contributed by atoms with Gasteiger partial charge in [-0.2, -0.15) is 0 Å². The molecular formula is C8H14N2O3S. The topological polar surface area (TPSA) is 72.2 Å². The first-order valence-electron chi connectivity index (χ1n) is 4.27. The van der Waals surface area contributed by atoms with Crippen LogP contribution in [0, 0.1) is 0 Å². The summed E-state index contributed by atoms with van der Waals surface area (Å²) in [5.74, 6) is 0.885. The summed E-state index contributed by atoms with van der Waals surface area (Å²) in [4.78, 5) is 3.97. The van der Waals surface area contributed by atoms with Crippen molar-refractivity contribution >= 4 is 9.84 Å². The number of rotatable bonds is 5. The molecule has 0 aliphatic rings.